The van der Waals surface area contributed by atoms with E-state index in [0.717, 1.165) is 18.3 Å². The summed E-state index contributed by atoms with van der Waals surface area (Å²) < 4.78 is 46.9. The summed E-state index contributed by atoms with van der Waals surface area (Å²) in [6.07, 6.45) is -3.61. The van der Waals surface area contributed by atoms with E-state index in [1.54, 1.807) is 26.8 Å². The van der Waals surface area contributed by atoms with E-state index < -0.39 is 29.5 Å². The lowest BCUT2D eigenvalue weighted by atomic mass is 10.0. The van der Waals surface area contributed by atoms with Gasteiger partial charge >= 0.3 is 12.1 Å². The third kappa shape index (κ3) is 5.09. The van der Waals surface area contributed by atoms with Crippen LogP contribution in [0.5, 0.6) is 0 Å². The number of aromatic nitrogens is 1. The van der Waals surface area contributed by atoms with Crippen molar-refractivity contribution in [3.63, 3.8) is 0 Å². The first-order valence-electron chi connectivity index (χ1n) is 10.3. The Morgan fingerprint density at radius 3 is 2.56 bits per heavy atom. The zero-order valence-electron chi connectivity index (χ0n) is 18.6. The summed E-state index contributed by atoms with van der Waals surface area (Å²) in [6.45, 7) is 4.89. The Morgan fingerprint density at radius 2 is 1.94 bits per heavy atom. The maximum absolute atomic E-state index is 13.9. The number of alkyl halides is 3. The van der Waals surface area contributed by atoms with Crippen molar-refractivity contribution in [2.75, 3.05) is 17.2 Å². The van der Waals surface area contributed by atoms with Gasteiger partial charge in [-0.2, -0.15) is 18.4 Å². The fourth-order valence-corrected chi connectivity index (χ4v) is 3.20. The number of halogens is 3. The summed E-state index contributed by atoms with van der Waals surface area (Å²) in [4.78, 5) is 28.6. The van der Waals surface area contributed by atoms with Crippen LogP contribution in [0.2, 0.25) is 0 Å². The number of hydrogen-bond donors (Lipinski definition) is 2. The maximum atomic E-state index is 13.9. The van der Waals surface area contributed by atoms with Crippen LogP contribution in [0.25, 0.3) is 10.9 Å². The van der Waals surface area contributed by atoms with Crippen LogP contribution >= 0.6 is 0 Å². The smallest absolute Gasteiger partial charge is 0.418 e. The Morgan fingerprint density at radius 1 is 1.21 bits per heavy atom. The number of fused-ring (bicyclic) bond motifs is 1. The summed E-state index contributed by atoms with van der Waals surface area (Å²) in [5.41, 5.74) is -1.08. The Balaban J connectivity index is 2.19. The van der Waals surface area contributed by atoms with Gasteiger partial charge in [0, 0.05) is 23.2 Å². The second-order valence-electron chi connectivity index (χ2n) is 7.61. The monoisotopic (exact) mass is 470 g/mol. The Bertz CT molecular complexity index is 1300. The van der Waals surface area contributed by atoms with E-state index in [1.807, 2.05) is 6.07 Å². The van der Waals surface area contributed by atoms with E-state index in [0.29, 0.717) is 0 Å². The Hall–Kier alpha value is -4.13. The number of ether oxygens (including phenoxy) is 1. The number of para-hydroxylation sites is 1. The van der Waals surface area contributed by atoms with Gasteiger partial charge in [-0.1, -0.05) is 26.0 Å². The third-order valence-electron chi connectivity index (χ3n) is 4.89. The average molecular weight is 470 g/mol. The highest BCUT2D eigenvalue weighted by molar-refractivity contribution is 6.07. The molecule has 0 atom stereocenters. The molecular formula is C24H21F3N4O3. The number of pyridine rings is 1. The molecule has 34 heavy (non-hydrogen) atoms. The topological polar surface area (TPSA) is 104 Å². The van der Waals surface area contributed by atoms with E-state index in [1.165, 1.54) is 18.2 Å². The highest BCUT2D eigenvalue weighted by Crippen LogP contribution is 2.40. The Labute approximate surface area is 193 Å². The molecule has 1 amide bonds. The normalized spacial score (nSPS) is 11.2. The van der Waals surface area contributed by atoms with Crippen LogP contribution in [0.4, 0.5) is 30.2 Å². The first-order chi connectivity index (χ1) is 16.1. The number of anilines is 3. The molecule has 2 aromatic carbocycles. The molecule has 1 heterocycles. The van der Waals surface area contributed by atoms with Crippen LogP contribution in [-0.2, 0) is 15.7 Å². The lowest BCUT2D eigenvalue weighted by molar-refractivity contribution is -0.137. The zero-order valence-corrected chi connectivity index (χ0v) is 18.6. The molecule has 1 aromatic heterocycles. The lowest BCUT2D eigenvalue weighted by Gasteiger charge is -2.19. The first-order valence-corrected chi connectivity index (χ1v) is 10.3. The molecule has 176 valence electrons. The predicted octanol–water partition coefficient (Wildman–Crippen LogP) is 5.64. The molecule has 0 aliphatic carbocycles. The van der Waals surface area contributed by atoms with Crippen LogP contribution in [0.15, 0.2) is 42.6 Å². The van der Waals surface area contributed by atoms with Gasteiger partial charge in [0.1, 0.15) is 11.6 Å². The van der Waals surface area contributed by atoms with Crippen LogP contribution in [0.3, 0.4) is 0 Å². The van der Waals surface area contributed by atoms with E-state index in [9.17, 15) is 28.0 Å². The van der Waals surface area contributed by atoms with Gasteiger partial charge in [-0.05, 0) is 31.2 Å². The molecule has 0 unspecified atom stereocenters. The van der Waals surface area contributed by atoms with Crippen molar-refractivity contribution in [3.05, 3.63) is 59.3 Å². The third-order valence-corrected chi connectivity index (χ3v) is 4.89. The summed E-state index contributed by atoms with van der Waals surface area (Å²) in [7, 11) is 0. The molecule has 10 heteroatoms. The number of carbonyl (C=O) groups excluding carboxylic acids is 2. The van der Waals surface area contributed by atoms with Gasteiger partial charge in [0.25, 0.3) is 0 Å². The fraction of sp³-hybridized carbons (Fsp3) is 0.250. The van der Waals surface area contributed by atoms with Crippen molar-refractivity contribution in [1.82, 2.24) is 4.98 Å². The molecule has 0 bridgehead atoms. The standard InChI is InChI=1S/C24H21F3N4O3/c1-4-34-23(33)17-12-29-20-14(11-28)6-5-7-16(20)21(17)31-19-9-8-15(30-22(32)13(2)3)10-18(19)24(25,26)27/h5-10,12-13H,4H2,1-3H3,(H,29,31)(H,30,32). The van der Waals surface area contributed by atoms with Gasteiger partial charge in [0.2, 0.25) is 5.91 Å². The van der Waals surface area contributed by atoms with Crippen LogP contribution in [0, 0.1) is 17.2 Å². The number of hydrogen-bond acceptors (Lipinski definition) is 6. The number of amides is 1. The number of carbonyl (C=O) groups is 2. The van der Waals surface area contributed by atoms with Crippen LogP contribution in [0.1, 0.15) is 42.3 Å². The van der Waals surface area contributed by atoms with Crippen molar-refractivity contribution in [2.24, 2.45) is 5.92 Å². The molecule has 0 saturated carbocycles. The van der Waals surface area contributed by atoms with Gasteiger partial charge < -0.3 is 15.4 Å². The van der Waals surface area contributed by atoms with Crippen LogP contribution in [-0.4, -0.2) is 23.5 Å². The number of esters is 1. The quantitative estimate of drug-likeness (QED) is 0.452. The van der Waals surface area contributed by atoms with E-state index in [2.05, 4.69) is 15.6 Å². The molecule has 2 N–H and O–H groups in total. The highest BCUT2D eigenvalue weighted by atomic mass is 19.4. The number of nitrogens with zero attached hydrogens (tertiary/aromatic N) is 2. The second kappa shape index (κ2) is 9.79. The maximum Gasteiger partial charge on any atom is 0.418 e. The fourth-order valence-electron chi connectivity index (χ4n) is 3.20. The minimum atomic E-state index is -4.77. The van der Waals surface area contributed by atoms with Gasteiger partial charge in [0.15, 0.2) is 0 Å². The van der Waals surface area contributed by atoms with E-state index in [-0.39, 0.29) is 45.7 Å². The molecule has 0 aliphatic heterocycles. The molecule has 3 rings (SSSR count). The van der Waals surface area contributed by atoms with Gasteiger partial charge in [-0.15, -0.1) is 0 Å². The highest BCUT2D eigenvalue weighted by Gasteiger charge is 2.34. The van der Waals surface area contributed by atoms with Crippen LogP contribution < -0.4 is 10.6 Å². The summed E-state index contributed by atoms with van der Waals surface area (Å²) >= 11 is 0. The molecule has 3 aromatic rings. The van der Waals surface area contributed by atoms with Crippen molar-refractivity contribution in [2.45, 2.75) is 26.9 Å². The minimum Gasteiger partial charge on any atom is -0.462 e. The van der Waals surface area contributed by atoms with Crippen molar-refractivity contribution in [3.8, 4) is 6.07 Å². The number of nitriles is 1. The van der Waals surface area contributed by atoms with E-state index in [4.69, 9.17) is 4.74 Å². The van der Waals surface area contributed by atoms with E-state index >= 15 is 0 Å². The summed E-state index contributed by atoms with van der Waals surface area (Å²) in [6, 6.07) is 9.87. The molecule has 7 nitrogen and oxygen atoms in total. The van der Waals surface area contributed by atoms with Crippen molar-refractivity contribution in [1.29, 1.82) is 5.26 Å². The molecule has 0 radical (unpaired) electrons. The largest absolute Gasteiger partial charge is 0.462 e. The predicted molar refractivity (Wildman–Crippen MR) is 121 cm³/mol. The number of rotatable bonds is 6. The first kappa shape index (κ1) is 24.5. The Kier molecular flexibility index (Phi) is 7.05. The number of nitrogens with one attached hydrogen (secondary N) is 2. The SMILES string of the molecule is CCOC(=O)c1cnc2c(C#N)cccc2c1Nc1ccc(NC(=O)C(C)C)cc1C(F)(F)F. The van der Waals surface area contributed by atoms with Gasteiger partial charge in [-0.3, -0.25) is 9.78 Å². The van der Waals surface area contributed by atoms with Crippen molar-refractivity contribution < 1.29 is 27.5 Å². The lowest BCUT2D eigenvalue weighted by Crippen LogP contribution is -2.18. The zero-order chi connectivity index (χ0) is 25.0. The summed E-state index contributed by atoms with van der Waals surface area (Å²) in [5.74, 6) is -1.63. The second-order valence-corrected chi connectivity index (χ2v) is 7.61. The van der Waals surface area contributed by atoms with Gasteiger partial charge in [0.05, 0.1) is 34.6 Å². The molecular weight excluding hydrogens is 449 g/mol. The van der Waals surface area contributed by atoms with Gasteiger partial charge in [-0.25, -0.2) is 4.79 Å². The molecule has 0 aliphatic rings. The molecule has 0 spiro atoms. The molecule has 0 fully saturated rings. The number of benzene rings is 2. The average Bonchev–Trinajstić information content (AvgIpc) is 2.79. The summed E-state index contributed by atoms with van der Waals surface area (Å²) in [5, 5.41) is 14.8. The minimum absolute atomic E-state index is 0.0185. The molecule has 0 saturated heterocycles. The van der Waals surface area contributed by atoms with Crippen molar-refractivity contribution >= 4 is 39.8 Å².